The van der Waals surface area contributed by atoms with E-state index >= 15 is 0 Å². The largest absolute Gasteiger partial charge is 0.427 e. The molecule has 26 heavy (non-hydrogen) atoms. The Morgan fingerprint density at radius 1 is 0.923 bits per heavy atom. The van der Waals surface area contributed by atoms with Gasteiger partial charge in [-0.25, -0.2) is 4.79 Å². The Bertz CT molecular complexity index is 1060. The van der Waals surface area contributed by atoms with Gasteiger partial charge in [0.2, 0.25) is 0 Å². The normalized spacial score (nSPS) is 10.6. The number of fused-ring (bicyclic) bond motifs is 1. The van der Waals surface area contributed by atoms with Crippen LogP contribution in [-0.4, -0.2) is 11.9 Å². The second-order valence-corrected chi connectivity index (χ2v) is 5.73. The molecule has 0 amide bonds. The molecule has 6 heteroatoms. The fourth-order valence-electron chi connectivity index (χ4n) is 2.77. The predicted octanol–water partition coefficient (Wildman–Crippen LogP) is 3.62. The van der Waals surface area contributed by atoms with Gasteiger partial charge in [-0.15, -0.1) is 0 Å². The van der Waals surface area contributed by atoms with Gasteiger partial charge < -0.3 is 13.9 Å². The van der Waals surface area contributed by atoms with Gasteiger partial charge in [-0.2, -0.15) is 0 Å². The first-order valence-corrected chi connectivity index (χ1v) is 7.90. The maximum absolute atomic E-state index is 12.6. The van der Waals surface area contributed by atoms with E-state index in [1.807, 2.05) is 0 Å². The SMILES string of the molecule is CC(=O)Oc1ccc(-c2c(C)c3cccc(OC(C)=O)c3oc2=O)cc1. The van der Waals surface area contributed by atoms with E-state index in [9.17, 15) is 14.4 Å². The smallest absolute Gasteiger partial charge is 0.344 e. The summed E-state index contributed by atoms with van der Waals surface area (Å²) in [5, 5.41) is 0.669. The molecule has 1 aromatic heterocycles. The van der Waals surface area contributed by atoms with Crippen LogP contribution in [0.1, 0.15) is 19.4 Å². The zero-order valence-corrected chi connectivity index (χ0v) is 14.5. The Kier molecular flexibility index (Phi) is 4.58. The van der Waals surface area contributed by atoms with Gasteiger partial charge in [-0.3, -0.25) is 9.59 Å². The van der Waals surface area contributed by atoms with Gasteiger partial charge in [0, 0.05) is 19.2 Å². The Hall–Kier alpha value is -3.41. The number of hydrogen-bond donors (Lipinski definition) is 0. The van der Waals surface area contributed by atoms with E-state index < -0.39 is 17.6 Å². The highest BCUT2D eigenvalue weighted by molar-refractivity contribution is 5.91. The third kappa shape index (κ3) is 3.35. The number of carbonyl (C=O) groups is 2. The van der Waals surface area contributed by atoms with Crippen LogP contribution in [0.4, 0.5) is 0 Å². The lowest BCUT2D eigenvalue weighted by atomic mass is 9.99. The molecule has 0 atom stereocenters. The lowest BCUT2D eigenvalue weighted by molar-refractivity contribution is -0.132. The van der Waals surface area contributed by atoms with Gasteiger partial charge in [-0.05, 0) is 36.2 Å². The molecular weight excluding hydrogens is 336 g/mol. The first-order chi connectivity index (χ1) is 12.4. The molecular formula is C20H16O6. The summed E-state index contributed by atoms with van der Waals surface area (Å²) >= 11 is 0. The van der Waals surface area contributed by atoms with Gasteiger partial charge in [-0.1, -0.05) is 24.3 Å². The molecule has 3 rings (SSSR count). The van der Waals surface area contributed by atoms with E-state index in [1.54, 1.807) is 49.4 Å². The van der Waals surface area contributed by atoms with Crippen LogP contribution in [0.2, 0.25) is 0 Å². The van der Waals surface area contributed by atoms with E-state index in [-0.39, 0.29) is 11.3 Å². The molecule has 0 saturated carbocycles. The highest BCUT2D eigenvalue weighted by atomic mass is 16.5. The molecule has 6 nitrogen and oxygen atoms in total. The van der Waals surface area contributed by atoms with Crippen LogP contribution in [-0.2, 0) is 9.59 Å². The van der Waals surface area contributed by atoms with E-state index in [4.69, 9.17) is 13.9 Å². The molecule has 0 spiro atoms. The zero-order chi connectivity index (χ0) is 18.8. The summed E-state index contributed by atoms with van der Waals surface area (Å²) in [5.41, 5.74) is 1.41. The molecule has 2 aromatic carbocycles. The van der Waals surface area contributed by atoms with E-state index in [1.165, 1.54) is 13.8 Å². The average molecular weight is 352 g/mol. The zero-order valence-electron chi connectivity index (χ0n) is 14.5. The molecule has 0 aliphatic heterocycles. The highest BCUT2D eigenvalue weighted by Gasteiger charge is 2.17. The van der Waals surface area contributed by atoms with Crippen molar-refractivity contribution in [3.63, 3.8) is 0 Å². The van der Waals surface area contributed by atoms with Gasteiger partial charge >= 0.3 is 17.6 Å². The van der Waals surface area contributed by atoms with Gasteiger partial charge in [0.1, 0.15) is 5.75 Å². The Morgan fingerprint density at radius 2 is 1.58 bits per heavy atom. The monoisotopic (exact) mass is 352 g/mol. The van der Waals surface area contributed by atoms with Crippen LogP contribution in [0.25, 0.3) is 22.1 Å². The quantitative estimate of drug-likeness (QED) is 0.407. The van der Waals surface area contributed by atoms with E-state index in [2.05, 4.69) is 0 Å². The number of ether oxygens (including phenoxy) is 2. The summed E-state index contributed by atoms with van der Waals surface area (Å²) in [6, 6.07) is 11.7. The minimum Gasteiger partial charge on any atom is -0.427 e. The Labute approximate surface area is 149 Å². The van der Waals surface area contributed by atoms with Crippen molar-refractivity contribution >= 4 is 22.9 Å². The minimum atomic E-state index is -0.546. The molecule has 0 saturated heterocycles. The van der Waals surface area contributed by atoms with Crippen molar-refractivity contribution in [2.75, 3.05) is 0 Å². The number of benzene rings is 2. The fourth-order valence-corrected chi connectivity index (χ4v) is 2.77. The van der Waals surface area contributed by atoms with Crippen LogP contribution in [0, 0.1) is 6.92 Å². The van der Waals surface area contributed by atoms with Gasteiger partial charge in [0.15, 0.2) is 11.3 Å². The third-order valence-corrected chi connectivity index (χ3v) is 3.82. The average Bonchev–Trinajstić information content (AvgIpc) is 2.56. The second-order valence-electron chi connectivity index (χ2n) is 5.73. The lowest BCUT2D eigenvalue weighted by Gasteiger charge is -2.11. The Morgan fingerprint density at radius 3 is 2.19 bits per heavy atom. The summed E-state index contributed by atoms with van der Waals surface area (Å²) in [4.78, 5) is 34.8. The summed E-state index contributed by atoms with van der Waals surface area (Å²) in [6.45, 7) is 4.39. The lowest BCUT2D eigenvalue weighted by Crippen LogP contribution is -2.08. The molecule has 0 aliphatic rings. The summed E-state index contributed by atoms with van der Waals surface area (Å²) < 4.78 is 15.6. The summed E-state index contributed by atoms with van der Waals surface area (Å²) in [5.74, 6) is -0.326. The number of aryl methyl sites for hydroxylation is 1. The van der Waals surface area contributed by atoms with E-state index in [0.29, 0.717) is 27.8 Å². The Balaban J connectivity index is 2.14. The molecule has 0 bridgehead atoms. The minimum absolute atomic E-state index is 0.201. The standard InChI is InChI=1S/C20H16O6/c1-11-16-5-4-6-17(25-13(3)22)19(16)26-20(23)18(11)14-7-9-15(10-8-14)24-12(2)21/h4-10H,1-3H3. The number of esters is 2. The van der Waals surface area contributed by atoms with Crippen LogP contribution < -0.4 is 15.1 Å². The van der Waals surface area contributed by atoms with Crippen LogP contribution in [0.5, 0.6) is 11.5 Å². The van der Waals surface area contributed by atoms with Gasteiger partial charge in [0.25, 0.3) is 0 Å². The molecule has 3 aromatic rings. The van der Waals surface area contributed by atoms with E-state index in [0.717, 1.165) is 0 Å². The van der Waals surface area contributed by atoms with Crippen molar-refractivity contribution in [2.45, 2.75) is 20.8 Å². The van der Waals surface area contributed by atoms with Crippen LogP contribution in [0.15, 0.2) is 51.7 Å². The first-order valence-electron chi connectivity index (χ1n) is 7.90. The molecule has 0 radical (unpaired) electrons. The molecule has 0 N–H and O–H groups in total. The van der Waals surface area contributed by atoms with Crippen molar-refractivity contribution in [3.05, 3.63) is 58.4 Å². The molecule has 0 unspecified atom stereocenters. The fraction of sp³-hybridized carbons (Fsp3) is 0.150. The maximum Gasteiger partial charge on any atom is 0.344 e. The summed E-state index contributed by atoms with van der Waals surface area (Å²) in [7, 11) is 0. The number of hydrogen-bond acceptors (Lipinski definition) is 6. The van der Waals surface area contributed by atoms with Crippen molar-refractivity contribution in [1.29, 1.82) is 0 Å². The van der Waals surface area contributed by atoms with Crippen molar-refractivity contribution in [2.24, 2.45) is 0 Å². The number of carbonyl (C=O) groups excluding carboxylic acids is 2. The molecule has 1 heterocycles. The van der Waals surface area contributed by atoms with Crippen LogP contribution in [0.3, 0.4) is 0 Å². The third-order valence-electron chi connectivity index (χ3n) is 3.82. The van der Waals surface area contributed by atoms with Crippen molar-refractivity contribution in [3.8, 4) is 22.6 Å². The molecule has 0 fully saturated rings. The van der Waals surface area contributed by atoms with Crippen LogP contribution >= 0.6 is 0 Å². The predicted molar refractivity (Wildman–Crippen MR) is 95.3 cm³/mol. The second kappa shape index (κ2) is 6.84. The topological polar surface area (TPSA) is 82.8 Å². The summed E-state index contributed by atoms with van der Waals surface area (Å²) in [6.07, 6.45) is 0. The van der Waals surface area contributed by atoms with Gasteiger partial charge in [0.05, 0.1) is 5.56 Å². The number of para-hydroxylation sites is 1. The maximum atomic E-state index is 12.6. The molecule has 0 aliphatic carbocycles. The van der Waals surface area contributed by atoms with Crippen molar-refractivity contribution < 1.29 is 23.5 Å². The first kappa shape index (κ1) is 17.4. The van der Waals surface area contributed by atoms with Crippen molar-refractivity contribution in [1.82, 2.24) is 0 Å². The molecule has 132 valence electrons. The number of rotatable bonds is 3. The highest BCUT2D eigenvalue weighted by Crippen LogP contribution is 2.32.